The quantitative estimate of drug-likeness (QED) is 0.882. The minimum absolute atomic E-state index is 0.136. The maximum atomic E-state index is 13.7. The Balaban J connectivity index is 2.18. The first kappa shape index (κ1) is 11.8. The van der Waals surface area contributed by atoms with E-state index in [1.54, 1.807) is 0 Å². The van der Waals surface area contributed by atoms with Crippen LogP contribution in [0.3, 0.4) is 0 Å². The van der Waals surface area contributed by atoms with Crippen molar-refractivity contribution in [3.8, 4) is 5.75 Å². The van der Waals surface area contributed by atoms with E-state index in [1.165, 1.54) is 18.2 Å². The highest BCUT2D eigenvalue weighted by molar-refractivity contribution is 5.66. The molecule has 0 amide bonds. The number of alkyl halides is 2. The van der Waals surface area contributed by atoms with Crippen LogP contribution in [0.2, 0.25) is 0 Å². The molecule has 17 heavy (non-hydrogen) atoms. The summed E-state index contributed by atoms with van der Waals surface area (Å²) in [5.41, 5.74) is 0.625. The second-order valence-electron chi connectivity index (χ2n) is 4.02. The van der Waals surface area contributed by atoms with Crippen molar-refractivity contribution in [3.63, 3.8) is 0 Å². The molecule has 0 saturated heterocycles. The summed E-state index contributed by atoms with van der Waals surface area (Å²) in [5.74, 6) is -3.67. The Bertz CT molecular complexity index is 443. The van der Waals surface area contributed by atoms with Crippen LogP contribution in [0.4, 0.5) is 8.78 Å². The van der Waals surface area contributed by atoms with Gasteiger partial charge in [0.05, 0.1) is 13.0 Å². The highest BCUT2D eigenvalue weighted by Gasteiger charge is 2.33. The van der Waals surface area contributed by atoms with Crippen molar-refractivity contribution in [2.24, 2.45) is 0 Å². The largest absolute Gasteiger partial charge is 0.493 e. The molecule has 0 radical (unpaired) electrons. The van der Waals surface area contributed by atoms with Crippen molar-refractivity contribution < 1.29 is 23.4 Å². The molecule has 0 spiro atoms. The van der Waals surface area contributed by atoms with E-state index in [2.05, 4.69) is 0 Å². The standard InChI is InChI=1S/C12H12F2O3/c13-12(14,5-3-11(15)16)9-1-2-10-8(7-9)4-6-17-10/h1-2,7H,3-6H2,(H,15,16). The molecule has 1 aliphatic rings. The topological polar surface area (TPSA) is 46.5 Å². The van der Waals surface area contributed by atoms with Gasteiger partial charge in [0.15, 0.2) is 0 Å². The van der Waals surface area contributed by atoms with Crippen molar-refractivity contribution in [2.75, 3.05) is 6.61 Å². The number of rotatable bonds is 4. The SMILES string of the molecule is O=C(O)CCC(F)(F)c1ccc2c(c1)CCO2. The number of benzene rings is 1. The minimum Gasteiger partial charge on any atom is -0.493 e. The molecule has 0 aromatic heterocycles. The summed E-state index contributed by atoms with van der Waals surface area (Å²) in [6, 6.07) is 4.22. The van der Waals surface area contributed by atoms with Crippen molar-refractivity contribution in [1.82, 2.24) is 0 Å². The van der Waals surface area contributed by atoms with Gasteiger partial charge in [-0.2, -0.15) is 0 Å². The zero-order chi connectivity index (χ0) is 12.5. The molecular weight excluding hydrogens is 230 g/mol. The molecule has 0 fully saturated rings. The molecule has 1 aromatic carbocycles. The van der Waals surface area contributed by atoms with Gasteiger partial charge in [0.1, 0.15) is 5.75 Å². The third kappa shape index (κ3) is 2.54. The molecule has 1 aromatic rings. The molecule has 3 nitrogen and oxygen atoms in total. The second-order valence-corrected chi connectivity index (χ2v) is 4.02. The average Bonchev–Trinajstić information content (AvgIpc) is 2.73. The van der Waals surface area contributed by atoms with E-state index in [1.807, 2.05) is 0 Å². The van der Waals surface area contributed by atoms with Gasteiger partial charge in [0.2, 0.25) is 0 Å². The summed E-state index contributed by atoms with van der Waals surface area (Å²) < 4.78 is 32.6. The fourth-order valence-corrected chi connectivity index (χ4v) is 1.82. The Kier molecular flexibility index (Phi) is 3.00. The average molecular weight is 242 g/mol. The van der Waals surface area contributed by atoms with E-state index in [9.17, 15) is 13.6 Å². The molecular formula is C12H12F2O3. The zero-order valence-electron chi connectivity index (χ0n) is 9.08. The number of aliphatic carboxylic acids is 1. The first-order valence-electron chi connectivity index (χ1n) is 5.35. The van der Waals surface area contributed by atoms with Crippen LogP contribution >= 0.6 is 0 Å². The van der Waals surface area contributed by atoms with E-state index < -0.39 is 24.7 Å². The molecule has 2 rings (SSSR count). The third-order valence-corrected chi connectivity index (χ3v) is 2.76. The maximum Gasteiger partial charge on any atom is 0.303 e. The van der Waals surface area contributed by atoms with Crippen LogP contribution in [0.1, 0.15) is 24.0 Å². The lowest BCUT2D eigenvalue weighted by Crippen LogP contribution is -2.15. The minimum atomic E-state index is -3.10. The maximum absolute atomic E-state index is 13.7. The fraction of sp³-hybridized carbons (Fsp3) is 0.417. The van der Waals surface area contributed by atoms with Crippen LogP contribution in [-0.4, -0.2) is 17.7 Å². The summed E-state index contributed by atoms with van der Waals surface area (Å²) >= 11 is 0. The first-order chi connectivity index (χ1) is 7.99. The second kappa shape index (κ2) is 4.31. The third-order valence-electron chi connectivity index (χ3n) is 2.76. The lowest BCUT2D eigenvalue weighted by atomic mass is 10.0. The summed E-state index contributed by atoms with van der Waals surface area (Å²) in [7, 11) is 0. The Hall–Kier alpha value is -1.65. The highest BCUT2D eigenvalue weighted by Crippen LogP contribution is 2.36. The lowest BCUT2D eigenvalue weighted by molar-refractivity contribution is -0.139. The Morgan fingerprint density at radius 3 is 2.94 bits per heavy atom. The van der Waals surface area contributed by atoms with Crippen molar-refractivity contribution in [2.45, 2.75) is 25.2 Å². The van der Waals surface area contributed by atoms with Gasteiger partial charge in [-0.3, -0.25) is 4.79 Å². The van der Waals surface area contributed by atoms with Gasteiger partial charge in [-0.15, -0.1) is 0 Å². The smallest absolute Gasteiger partial charge is 0.303 e. The van der Waals surface area contributed by atoms with E-state index in [0.29, 0.717) is 18.8 Å². The van der Waals surface area contributed by atoms with E-state index >= 15 is 0 Å². The number of hydrogen-bond donors (Lipinski definition) is 1. The van der Waals surface area contributed by atoms with E-state index in [4.69, 9.17) is 9.84 Å². The number of carbonyl (C=O) groups is 1. The van der Waals surface area contributed by atoms with Crippen LogP contribution in [-0.2, 0) is 17.1 Å². The predicted molar refractivity (Wildman–Crippen MR) is 56.4 cm³/mol. The number of carboxylic acids is 1. The summed E-state index contributed by atoms with van der Waals surface area (Å²) in [6.45, 7) is 0.513. The van der Waals surface area contributed by atoms with Gasteiger partial charge in [0.25, 0.3) is 5.92 Å². The molecule has 1 aliphatic heterocycles. The Labute approximate surface area is 97.0 Å². The van der Waals surface area contributed by atoms with Crippen LogP contribution in [0.5, 0.6) is 5.75 Å². The fourth-order valence-electron chi connectivity index (χ4n) is 1.82. The number of fused-ring (bicyclic) bond motifs is 1. The first-order valence-corrected chi connectivity index (χ1v) is 5.35. The van der Waals surface area contributed by atoms with Gasteiger partial charge in [-0.1, -0.05) is 0 Å². The van der Waals surface area contributed by atoms with Gasteiger partial charge in [-0.05, 0) is 23.8 Å². The van der Waals surface area contributed by atoms with Crippen molar-refractivity contribution >= 4 is 5.97 Å². The molecule has 0 atom stereocenters. The summed E-state index contributed by atoms with van der Waals surface area (Å²) in [5, 5.41) is 8.43. The number of hydrogen-bond acceptors (Lipinski definition) is 2. The zero-order valence-corrected chi connectivity index (χ0v) is 9.08. The molecule has 0 unspecified atom stereocenters. The van der Waals surface area contributed by atoms with Crippen molar-refractivity contribution in [1.29, 1.82) is 0 Å². The summed E-state index contributed by atoms with van der Waals surface area (Å²) in [6.07, 6.45) is -0.596. The highest BCUT2D eigenvalue weighted by atomic mass is 19.3. The molecule has 1 heterocycles. The van der Waals surface area contributed by atoms with Gasteiger partial charge in [0, 0.05) is 18.4 Å². The monoisotopic (exact) mass is 242 g/mol. The van der Waals surface area contributed by atoms with Crippen molar-refractivity contribution in [3.05, 3.63) is 29.3 Å². The van der Waals surface area contributed by atoms with E-state index in [0.717, 1.165) is 5.56 Å². The van der Waals surface area contributed by atoms with Crippen LogP contribution in [0.25, 0.3) is 0 Å². The normalized spacial score (nSPS) is 14.2. The molecule has 0 aliphatic carbocycles. The van der Waals surface area contributed by atoms with Crippen LogP contribution < -0.4 is 4.74 Å². The Morgan fingerprint density at radius 2 is 2.24 bits per heavy atom. The predicted octanol–water partition coefficient (Wildman–Crippen LogP) is 2.58. The van der Waals surface area contributed by atoms with Gasteiger partial charge >= 0.3 is 5.97 Å². The Morgan fingerprint density at radius 1 is 1.47 bits per heavy atom. The number of halogens is 2. The molecule has 0 saturated carbocycles. The number of ether oxygens (including phenoxy) is 1. The van der Waals surface area contributed by atoms with E-state index in [-0.39, 0.29) is 5.56 Å². The van der Waals surface area contributed by atoms with Gasteiger partial charge < -0.3 is 9.84 Å². The molecule has 1 N–H and O–H groups in total. The van der Waals surface area contributed by atoms with Gasteiger partial charge in [-0.25, -0.2) is 8.78 Å². The van der Waals surface area contributed by atoms with Crippen LogP contribution in [0, 0.1) is 0 Å². The molecule has 5 heteroatoms. The molecule has 0 bridgehead atoms. The number of carboxylic acid groups (broad SMARTS) is 1. The molecule has 92 valence electrons. The lowest BCUT2D eigenvalue weighted by Gasteiger charge is -2.16. The summed E-state index contributed by atoms with van der Waals surface area (Å²) in [4.78, 5) is 10.3. The van der Waals surface area contributed by atoms with Crippen LogP contribution in [0.15, 0.2) is 18.2 Å².